The van der Waals surface area contributed by atoms with Crippen molar-refractivity contribution in [3.05, 3.63) is 29.6 Å². The summed E-state index contributed by atoms with van der Waals surface area (Å²) >= 11 is 0. The Kier molecular flexibility index (Phi) is 6.17. The molecule has 1 aromatic rings. The molecule has 2 rings (SSSR count). The van der Waals surface area contributed by atoms with Crippen LogP contribution in [0.2, 0.25) is 0 Å². The molecule has 0 spiro atoms. The van der Waals surface area contributed by atoms with E-state index in [1.165, 1.54) is 11.0 Å². The Hall–Kier alpha value is -2.11. The number of rotatable bonds is 6. The number of benzene rings is 1. The number of halogens is 1. The quantitative estimate of drug-likeness (QED) is 0.868. The minimum Gasteiger partial charge on any atom is -0.370 e. The van der Waals surface area contributed by atoms with E-state index in [9.17, 15) is 14.0 Å². The van der Waals surface area contributed by atoms with Crippen LogP contribution in [0, 0.1) is 5.82 Å². The van der Waals surface area contributed by atoms with Gasteiger partial charge in [-0.2, -0.15) is 0 Å². The molecule has 5 nitrogen and oxygen atoms in total. The number of piperidine rings is 1. The molecule has 0 aromatic heterocycles. The third-order valence-corrected chi connectivity index (χ3v) is 4.61. The molecular weight excluding hydrogens is 309 g/mol. The summed E-state index contributed by atoms with van der Waals surface area (Å²) in [5, 5.41) is 2.81. The first-order valence-electron chi connectivity index (χ1n) is 8.54. The molecule has 1 aromatic carbocycles. The Bertz CT molecular complexity index is 602. The maximum absolute atomic E-state index is 14.3. The Balaban J connectivity index is 1.98. The Labute approximate surface area is 142 Å². The van der Waals surface area contributed by atoms with Gasteiger partial charge in [-0.05, 0) is 44.4 Å². The number of likely N-dealkylation sites (N-methyl/N-ethyl adjacent to an activating group) is 1. The summed E-state index contributed by atoms with van der Waals surface area (Å²) in [6.45, 7) is 5.71. The molecule has 0 bridgehead atoms. The number of carbonyl (C=O) groups excluding carboxylic acids is 2. The van der Waals surface area contributed by atoms with Crippen molar-refractivity contribution < 1.29 is 14.0 Å². The molecule has 1 aliphatic heterocycles. The van der Waals surface area contributed by atoms with Crippen LogP contribution >= 0.6 is 0 Å². The molecule has 1 unspecified atom stereocenters. The number of likely N-dealkylation sites (tertiary alicyclic amines) is 1. The highest BCUT2D eigenvalue weighted by atomic mass is 19.1. The van der Waals surface area contributed by atoms with Crippen LogP contribution in [0.15, 0.2) is 18.2 Å². The molecule has 132 valence electrons. The maximum atomic E-state index is 14.3. The first kappa shape index (κ1) is 18.2. The number of nitrogens with zero attached hydrogens (tertiary/aromatic N) is 2. The molecule has 1 aliphatic rings. The van der Waals surface area contributed by atoms with Crippen molar-refractivity contribution in [1.29, 1.82) is 0 Å². The van der Waals surface area contributed by atoms with Crippen molar-refractivity contribution >= 4 is 17.5 Å². The van der Waals surface area contributed by atoms with Crippen molar-refractivity contribution in [3.63, 3.8) is 0 Å². The number of nitrogens with one attached hydrogen (secondary N) is 1. The van der Waals surface area contributed by atoms with Crippen molar-refractivity contribution in [3.8, 4) is 0 Å². The normalized spacial score (nSPS) is 17.8. The Morgan fingerprint density at radius 2 is 2.08 bits per heavy atom. The highest BCUT2D eigenvalue weighted by molar-refractivity contribution is 5.88. The van der Waals surface area contributed by atoms with Crippen molar-refractivity contribution in [2.75, 3.05) is 25.0 Å². The van der Waals surface area contributed by atoms with Gasteiger partial charge in [-0.25, -0.2) is 4.39 Å². The summed E-state index contributed by atoms with van der Waals surface area (Å²) in [6, 6.07) is 4.61. The molecule has 0 aliphatic carbocycles. The van der Waals surface area contributed by atoms with Gasteiger partial charge >= 0.3 is 0 Å². The second-order valence-corrected chi connectivity index (χ2v) is 6.09. The van der Waals surface area contributed by atoms with E-state index in [1.807, 2.05) is 24.8 Å². The van der Waals surface area contributed by atoms with Crippen LogP contribution in [-0.4, -0.2) is 42.9 Å². The number of hydrogen-bond acceptors (Lipinski definition) is 3. The summed E-state index contributed by atoms with van der Waals surface area (Å²) in [5.74, 6) is -0.467. The van der Waals surface area contributed by atoms with Crippen LogP contribution in [0.5, 0.6) is 0 Å². The Morgan fingerprint density at radius 1 is 1.38 bits per heavy atom. The number of anilines is 1. The van der Waals surface area contributed by atoms with Gasteiger partial charge in [0, 0.05) is 33.1 Å². The molecule has 1 fully saturated rings. The zero-order chi connectivity index (χ0) is 17.7. The van der Waals surface area contributed by atoms with Gasteiger partial charge in [-0.15, -0.1) is 0 Å². The molecule has 24 heavy (non-hydrogen) atoms. The lowest BCUT2D eigenvalue weighted by molar-refractivity contribution is -0.142. The first-order valence-corrected chi connectivity index (χ1v) is 8.54. The predicted molar refractivity (Wildman–Crippen MR) is 92.2 cm³/mol. The van der Waals surface area contributed by atoms with E-state index in [0.29, 0.717) is 24.1 Å². The van der Waals surface area contributed by atoms with Crippen LogP contribution in [-0.2, 0) is 16.1 Å². The van der Waals surface area contributed by atoms with Crippen molar-refractivity contribution in [2.24, 2.45) is 0 Å². The van der Waals surface area contributed by atoms with Crippen LogP contribution in [0.25, 0.3) is 0 Å². The van der Waals surface area contributed by atoms with Gasteiger partial charge in [0.15, 0.2) is 0 Å². The van der Waals surface area contributed by atoms with Gasteiger partial charge in [0.05, 0.1) is 5.69 Å². The van der Waals surface area contributed by atoms with E-state index in [2.05, 4.69) is 5.32 Å². The van der Waals surface area contributed by atoms with E-state index in [0.717, 1.165) is 19.5 Å². The number of carbonyl (C=O) groups is 2. The summed E-state index contributed by atoms with van der Waals surface area (Å²) in [6.07, 6.45) is 1.90. The minimum absolute atomic E-state index is 0.00369. The summed E-state index contributed by atoms with van der Waals surface area (Å²) in [7, 11) is 1.66. The number of hydrogen-bond donors (Lipinski definition) is 1. The molecule has 1 N–H and O–H groups in total. The van der Waals surface area contributed by atoms with Gasteiger partial charge in [-0.1, -0.05) is 6.07 Å². The maximum Gasteiger partial charge on any atom is 0.243 e. The fourth-order valence-corrected chi connectivity index (χ4v) is 3.09. The van der Waals surface area contributed by atoms with Gasteiger partial charge in [0.1, 0.15) is 11.9 Å². The van der Waals surface area contributed by atoms with E-state index < -0.39 is 6.04 Å². The third kappa shape index (κ3) is 4.04. The minimum atomic E-state index is -0.425. The predicted octanol–water partition coefficient (Wildman–Crippen LogP) is 2.30. The smallest absolute Gasteiger partial charge is 0.243 e. The largest absolute Gasteiger partial charge is 0.370 e. The third-order valence-electron chi connectivity index (χ3n) is 4.61. The monoisotopic (exact) mass is 335 g/mol. The fraction of sp³-hybridized carbons (Fsp3) is 0.556. The van der Waals surface area contributed by atoms with Gasteiger partial charge in [0.25, 0.3) is 0 Å². The van der Waals surface area contributed by atoms with E-state index in [1.54, 1.807) is 13.1 Å². The van der Waals surface area contributed by atoms with Crippen LogP contribution in [0.4, 0.5) is 10.1 Å². The van der Waals surface area contributed by atoms with Crippen molar-refractivity contribution in [2.45, 2.75) is 45.7 Å². The molecule has 1 saturated heterocycles. The molecular formula is C18H26FN3O2. The second-order valence-electron chi connectivity index (χ2n) is 6.09. The fourth-order valence-electron chi connectivity index (χ4n) is 3.09. The average Bonchev–Trinajstić information content (AvgIpc) is 2.58. The van der Waals surface area contributed by atoms with Crippen molar-refractivity contribution in [1.82, 2.24) is 10.2 Å². The molecule has 0 saturated carbocycles. The van der Waals surface area contributed by atoms with E-state index in [-0.39, 0.29) is 24.2 Å². The lowest BCUT2D eigenvalue weighted by Gasteiger charge is -2.31. The zero-order valence-electron chi connectivity index (χ0n) is 14.6. The average molecular weight is 335 g/mol. The van der Waals surface area contributed by atoms with E-state index >= 15 is 0 Å². The highest BCUT2D eigenvalue weighted by Gasteiger charge is 2.30. The molecule has 1 heterocycles. The summed E-state index contributed by atoms with van der Waals surface area (Å²) in [4.78, 5) is 27.4. The summed E-state index contributed by atoms with van der Waals surface area (Å²) < 4.78 is 14.3. The lowest BCUT2D eigenvalue weighted by atomic mass is 10.0. The SMILES string of the molecule is CCN(CC)c1ccc(CNC(=O)C2CCCC(=O)N2C)cc1F. The summed E-state index contributed by atoms with van der Waals surface area (Å²) in [5.41, 5.74) is 1.29. The number of amides is 2. The van der Waals surface area contributed by atoms with Crippen LogP contribution < -0.4 is 10.2 Å². The van der Waals surface area contributed by atoms with Crippen LogP contribution in [0.1, 0.15) is 38.7 Å². The standard InChI is InChI=1S/C18H26FN3O2/c1-4-22(5-2)15-10-9-13(11-14(15)19)12-20-18(24)16-7-6-8-17(23)21(16)3/h9-11,16H,4-8,12H2,1-3H3,(H,20,24). The van der Waals surface area contributed by atoms with E-state index in [4.69, 9.17) is 0 Å². The zero-order valence-corrected chi connectivity index (χ0v) is 14.6. The van der Waals surface area contributed by atoms with Crippen LogP contribution in [0.3, 0.4) is 0 Å². The highest BCUT2D eigenvalue weighted by Crippen LogP contribution is 2.21. The lowest BCUT2D eigenvalue weighted by Crippen LogP contribution is -2.49. The molecule has 1 atom stereocenters. The first-order chi connectivity index (χ1) is 11.5. The topological polar surface area (TPSA) is 52.7 Å². The molecule has 0 radical (unpaired) electrons. The van der Waals surface area contributed by atoms with Gasteiger partial charge < -0.3 is 15.1 Å². The Morgan fingerprint density at radius 3 is 2.71 bits per heavy atom. The molecule has 2 amide bonds. The van der Waals surface area contributed by atoms with Gasteiger partial charge in [0.2, 0.25) is 11.8 Å². The molecule has 6 heteroatoms. The van der Waals surface area contributed by atoms with Gasteiger partial charge in [-0.3, -0.25) is 9.59 Å². The second kappa shape index (κ2) is 8.13.